The molecule has 0 spiro atoms. The van der Waals surface area contributed by atoms with Gasteiger partial charge in [0.2, 0.25) is 0 Å². The lowest BCUT2D eigenvalue weighted by atomic mass is 10.1. The van der Waals surface area contributed by atoms with Gasteiger partial charge < -0.3 is 20.7 Å². The van der Waals surface area contributed by atoms with Crippen molar-refractivity contribution in [3.63, 3.8) is 0 Å². The topological polar surface area (TPSA) is 116 Å². The van der Waals surface area contributed by atoms with Gasteiger partial charge in [-0.2, -0.15) is 0 Å². The van der Waals surface area contributed by atoms with Gasteiger partial charge in [0.25, 0.3) is 5.56 Å². The molecule has 0 aliphatic heterocycles. The number of nitrogens with one attached hydrogen (secondary N) is 3. The SMILES string of the molecule is O=c1[nH]ccc2cc(Nc3cnccn3)nc(N[C@H]3CCC[C@H]3O)c12. The number of aromatic amines is 1. The Hall–Kier alpha value is -3.00. The van der Waals surface area contributed by atoms with Crippen molar-refractivity contribution in [2.24, 2.45) is 0 Å². The number of aliphatic hydroxyl groups is 1. The largest absolute Gasteiger partial charge is 0.391 e. The minimum Gasteiger partial charge on any atom is -0.391 e. The highest BCUT2D eigenvalue weighted by Crippen LogP contribution is 2.27. The monoisotopic (exact) mass is 338 g/mol. The van der Waals surface area contributed by atoms with Crippen LogP contribution in [0.4, 0.5) is 17.5 Å². The first-order valence-corrected chi connectivity index (χ1v) is 8.21. The first-order valence-electron chi connectivity index (χ1n) is 8.21. The Bertz CT molecular complexity index is 943. The highest BCUT2D eigenvalue weighted by molar-refractivity contribution is 5.93. The molecule has 0 bridgehead atoms. The first kappa shape index (κ1) is 15.5. The van der Waals surface area contributed by atoms with Crippen molar-refractivity contribution in [1.29, 1.82) is 0 Å². The van der Waals surface area contributed by atoms with E-state index in [1.54, 1.807) is 30.9 Å². The molecule has 0 radical (unpaired) electrons. The summed E-state index contributed by atoms with van der Waals surface area (Å²) in [6, 6.07) is 3.49. The summed E-state index contributed by atoms with van der Waals surface area (Å²) in [7, 11) is 0. The molecule has 2 atom stereocenters. The molecule has 4 N–H and O–H groups in total. The average molecular weight is 338 g/mol. The summed E-state index contributed by atoms with van der Waals surface area (Å²) in [5, 5.41) is 17.7. The van der Waals surface area contributed by atoms with E-state index in [0.29, 0.717) is 22.8 Å². The van der Waals surface area contributed by atoms with Crippen LogP contribution in [0.25, 0.3) is 10.8 Å². The van der Waals surface area contributed by atoms with Crippen LogP contribution in [0.15, 0.2) is 41.7 Å². The zero-order valence-corrected chi connectivity index (χ0v) is 13.4. The van der Waals surface area contributed by atoms with Crippen LogP contribution in [0.2, 0.25) is 0 Å². The maximum Gasteiger partial charge on any atom is 0.259 e. The van der Waals surface area contributed by atoms with Crippen LogP contribution in [0, 0.1) is 0 Å². The predicted octanol–water partition coefficient (Wildman–Crippen LogP) is 1.78. The number of H-pyrrole nitrogens is 1. The van der Waals surface area contributed by atoms with Gasteiger partial charge in [-0.3, -0.25) is 9.78 Å². The number of rotatable bonds is 4. The average Bonchev–Trinajstić information content (AvgIpc) is 3.00. The molecule has 0 aromatic carbocycles. The van der Waals surface area contributed by atoms with Gasteiger partial charge in [0, 0.05) is 18.6 Å². The van der Waals surface area contributed by atoms with E-state index in [1.807, 2.05) is 6.07 Å². The summed E-state index contributed by atoms with van der Waals surface area (Å²) >= 11 is 0. The maximum absolute atomic E-state index is 12.3. The molecule has 8 heteroatoms. The molecule has 4 rings (SSSR count). The summed E-state index contributed by atoms with van der Waals surface area (Å²) in [6.45, 7) is 0. The van der Waals surface area contributed by atoms with Gasteiger partial charge in [-0.05, 0) is 36.8 Å². The highest BCUT2D eigenvalue weighted by Gasteiger charge is 2.26. The fraction of sp³-hybridized carbons (Fsp3) is 0.294. The molecule has 1 saturated carbocycles. The third kappa shape index (κ3) is 3.16. The molecule has 8 nitrogen and oxygen atoms in total. The van der Waals surface area contributed by atoms with E-state index in [9.17, 15) is 9.90 Å². The zero-order chi connectivity index (χ0) is 17.2. The Morgan fingerprint density at radius 2 is 2.16 bits per heavy atom. The Labute approximate surface area is 143 Å². The number of nitrogens with zero attached hydrogens (tertiary/aromatic N) is 3. The molecule has 1 aliphatic carbocycles. The number of aliphatic hydroxyl groups excluding tert-OH is 1. The summed E-state index contributed by atoms with van der Waals surface area (Å²) < 4.78 is 0. The van der Waals surface area contributed by atoms with Crippen molar-refractivity contribution in [3.05, 3.63) is 47.3 Å². The molecule has 0 unspecified atom stereocenters. The second-order valence-corrected chi connectivity index (χ2v) is 6.09. The summed E-state index contributed by atoms with van der Waals surface area (Å²) in [6.07, 6.45) is 8.49. The molecule has 3 aromatic rings. The van der Waals surface area contributed by atoms with Crippen LogP contribution in [-0.4, -0.2) is 37.2 Å². The van der Waals surface area contributed by atoms with Crippen LogP contribution in [-0.2, 0) is 0 Å². The van der Waals surface area contributed by atoms with Crippen molar-refractivity contribution in [2.45, 2.75) is 31.4 Å². The Morgan fingerprint density at radius 1 is 1.24 bits per heavy atom. The molecule has 3 aromatic heterocycles. The summed E-state index contributed by atoms with van der Waals surface area (Å²) in [5.74, 6) is 1.57. The normalized spacial score (nSPS) is 19.9. The van der Waals surface area contributed by atoms with Crippen LogP contribution >= 0.6 is 0 Å². The summed E-state index contributed by atoms with van der Waals surface area (Å²) in [5.41, 5.74) is -0.217. The van der Waals surface area contributed by atoms with E-state index < -0.39 is 6.10 Å². The van der Waals surface area contributed by atoms with Crippen LogP contribution in [0.3, 0.4) is 0 Å². The fourth-order valence-corrected chi connectivity index (χ4v) is 3.16. The molecule has 1 fully saturated rings. The smallest absolute Gasteiger partial charge is 0.259 e. The van der Waals surface area contributed by atoms with E-state index in [1.165, 1.54) is 0 Å². The minimum atomic E-state index is -0.434. The second kappa shape index (κ2) is 6.48. The molecular formula is C17H18N6O2. The van der Waals surface area contributed by atoms with Gasteiger partial charge in [0.1, 0.15) is 17.5 Å². The number of pyridine rings is 2. The zero-order valence-electron chi connectivity index (χ0n) is 13.4. The van der Waals surface area contributed by atoms with Crippen molar-refractivity contribution in [2.75, 3.05) is 10.6 Å². The van der Waals surface area contributed by atoms with Crippen molar-refractivity contribution < 1.29 is 5.11 Å². The van der Waals surface area contributed by atoms with E-state index >= 15 is 0 Å². The van der Waals surface area contributed by atoms with Crippen molar-refractivity contribution >= 4 is 28.2 Å². The van der Waals surface area contributed by atoms with Crippen LogP contribution in [0.1, 0.15) is 19.3 Å². The number of aromatic nitrogens is 4. The molecule has 0 amide bonds. The standard InChI is InChI=1S/C17H18N6O2/c24-12-3-1-2-11(12)21-16-15-10(4-5-20-17(15)25)8-13(23-16)22-14-9-18-6-7-19-14/h4-9,11-12,24H,1-3H2,(H,20,25)(H2,19,21,22,23)/t11-,12+/m0/s1. The van der Waals surface area contributed by atoms with Crippen molar-refractivity contribution in [1.82, 2.24) is 19.9 Å². The molecule has 3 heterocycles. The van der Waals surface area contributed by atoms with E-state index in [0.717, 1.165) is 24.6 Å². The Kier molecular flexibility index (Phi) is 4.02. The van der Waals surface area contributed by atoms with E-state index in [4.69, 9.17) is 0 Å². The predicted molar refractivity (Wildman–Crippen MR) is 94.9 cm³/mol. The van der Waals surface area contributed by atoms with Gasteiger partial charge in [-0.25, -0.2) is 9.97 Å². The fourth-order valence-electron chi connectivity index (χ4n) is 3.16. The lowest BCUT2D eigenvalue weighted by Gasteiger charge is -2.19. The highest BCUT2D eigenvalue weighted by atomic mass is 16.3. The van der Waals surface area contributed by atoms with Crippen molar-refractivity contribution in [3.8, 4) is 0 Å². The van der Waals surface area contributed by atoms with Crippen LogP contribution in [0.5, 0.6) is 0 Å². The number of hydrogen-bond acceptors (Lipinski definition) is 7. The van der Waals surface area contributed by atoms with Gasteiger partial charge in [0.05, 0.1) is 23.7 Å². The molecule has 1 aliphatic rings. The third-order valence-electron chi connectivity index (χ3n) is 4.38. The lowest BCUT2D eigenvalue weighted by Crippen LogP contribution is -2.29. The van der Waals surface area contributed by atoms with Crippen LogP contribution < -0.4 is 16.2 Å². The van der Waals surface area contributed by atoms with Gasteiger partial charge in [-0.1, -0.05) is 0 Å². The number of anilines is 3. The van der Waals surface area contributed by atoms with Gasteiger partial charge in [0.15, 0.2) is 0 Å². The summed E-state index contributed by atoms with van der Waals surface area (Å²) in [4.78, 5) is 27.7. The van der Waals surface area contributed by atoms with Gasteiger partial charge >= 0.3 is 0 Å². The minimum absolute atomic E-state index is 0.109. The molecule has 25 heavy (non-hydrogen) atoms. The lowest BCUT2D eigenvalue weighted by molar-refractivity contribution is 0.171. The quantitative estimate of drug-likeness (QED) is 0.573. The third-order valence-corrected chi connectivity index (χ3v) is 4.38. The van der Waals surface area contributed by atoms with E-state index in [-0.39, 0.29) is 11.6 Å². The second-order valence-electron chi connectivity index (χ2n) is 6.09. The number of fused-ring (bicyclic) bond motifs is 1. The van der Waals surface area contributed by atoms with E-state index in [2.05, 4.69) is 30.6 Å². The Morgan fingerprint density at radius 3 is 2.92 bits per heavy atom. The first-order chi connectivity index (χ1) is 12.2. The number of hydrogen-bond donors (Lipinski definition) is 4. The Balaban J connectivity index is 1.76. The maximum atomic E-state index is 12.3. The molecular weight excluding hydrogens is 320 g/mol. The molecule has 128 valence electrons. The molecule has 0 saturated heterocycles. The van der Waals surface area contributed by atoms with Gasteiger partial charge in [-0.15, -0.1) is 0 Å².